The minimum atomic E-state index is -0.147. The lowest BCUT2D eigenvalue weighted by Gasteiger charge is -2.34. The van der Waals surface area contributed by atoms with Crippen molar-refractivity contribution in [2.75, 3.05) is 37.7 Å². The summed E-state index contributed by atoms with van der Waals surface area (Å²) in [5.41, 5.74) is 1.93. The number of rotatable bonds is 6. The molecular weight excluding hydrogens is 418 g/mol. The van der Waals surface area contributed by atoms with Crippen molar-refractivity contribution in [3.05, 3.63) is 29.3 Å². The molecule has 2 saturated heterocycles. The number of nitrogens with one attached hydrogen (secondary N) is 1. The molecule has 5 rings (SSSR count). The van der Waals surface area contributed by atoms with E-state index >= 15 is 0 Å². The number of ether oxygens (including phenoxy) is 1. The lowest BCUT2D eigenvalue weighted by molar-refractivity contribution is -0.126. The Morgan fingerprint density at radius 2 is 1.76 bits per heavy atom. The first-order chi connectivity index (χ1) is 16.1. The quantitative estimate of drug-likeness (QED) is 0.668. The van der Waals surface area contributed by atoms with Crippen LogP contribution in [0.15, 0.2) is 18.2 Å². The van der Waals surface area contributed by atoms with Gasteiger partial charge in [0.2, 0.25) is 5.91 Å². The topological polar surface area (TPSA) is 79.0 Å². The molecule has 3 aliphatic heterocycles. The van der Waals surface area contributed by atoms with Crippen molar-refractivity contribution in [3.8, 4) is 0 Å². The predicted molar refractivity (Wildman–Crippen MR) is 125 cm³/mol. The summed E-state index contributed by atoms with van der Waals surface area (Å²) in [6.07, 6.45) is 9.56. The molecule has 178 valence electrons. The molecule has 1 aromatic rings. The van der Waals surface area contributed by atoms with Crippen LogP contribution < -0.4 is 10.2 Å². The molecule has 33 heavy (non-hydrogen) atoms. The highest BCUT2D eigenvalue weighted by Gasteiger charge is 2.40. The van der Waals surface area contributed by atoms with Crippen LogP contribution in [0.1, 0.15) is 78.5 Å². The molecule has 0 bridgehead atoms. The van der Waals surface area contributed by atoms with Gasteiger partial charge in [0.1, 0.15) is 0 Å². The van der Waals surface area contributed by atoms with Crippen molar-refractivity contribution in [1.29, 1.82) is 0 Å². The Hall–Kier alpha value is -2.41. The Morgan fingerprint density at radius 3 is 2.48 bits per heavy atom. The first-order valence-electron chi connectivity index (χ1n) is 12.8. The lowest BCUT2D eigenvalue weighted by Crippen LogP contribution is -2.42. The van der Waals surface area contributed by atoms with E-state index in [4.69, 9.17) is 4.74 Å². The highest BCUT2D eigenvalue weighted by molar-refractivity contribution is 6.23. The van der Waals surface area contributed by atoms with E-state index < -0.39 is 0 Å². The van der Waals surface area contributed by atoms with Crippen LogP contribution in [0.5, 0.6) is 0 Å². The number of benzene rings is 1. The largest absolute Gasteiger partial charge is 0.376 e. The molecule has 4 aliphatic rings. The summed E-state index contributed by atoms with van der Waals surface area (Å²) in [5, 5.41) is 3.06. The van der Waals surface area contributed by atoms with Gasteiger partial charge in [0, 0.05) is 38.7 Å². The molecule has 1 aromatic carbocycles. The zero-order valence-corrected chi connectivity index (χ0v) is 19.4. The Balaban J connectivity index is 1.22. The molecule has 7 heteroatoms. The maximum Gasteiger partial charge on any atom is 0.263 e. The van der Waals surface area contributed by atoms with Crippen LogP contribution in [0.25, 0.3) is 0 Å². The number of carbonyl (C=O) groups excluding carboxylic acids is 3. The summed E-state index contributed by atoms with van der Waals surface area (Å²) in [6, 6.07) is 5.61. The van der Waals surface area contributed by atoms with Crippen LogP contribution in [-0.2, 0) is 9.53 Å². The average molecular weight is 454 g/mol. The van der Waals surface area contributed by atoms with Crippen LogP contribution in [-0.4, -0.2) is 61.5 Å². The zero-order valence-electron chi connectivity index (χ0n) is 19.4. The summed E-state index contributed by atoms with van der Waals surface area (Å²) in [5.74, 6) is 0.222. The fraction of sp³-hybridized carbons (Fsp3) is 0.654. The van der Waals surface area contributed by atoms with Gasteiger partial charge in [-0.3, -0.25) is 19.3 Å². The zero-order chi connectivity index (χ0) is 22.8. The van der Waals surface area contributed by atoms with Gasteiger partial charge in [-0.05, 0) is 56.6 Å². The Bertz CT molecular complexity index is 897. The summed E-state index contributed by atoms with van der Waals surface area (Å²) < 4.78 is 5.60. The van der Waals surface area contributed by atoms with Crippen molar-refractivity contribution >= 4 is 23.4 Å². The molecule has 7 nitrogen and oxygen atoms in total. The van der Waals surface area contributed by atoms with E-state index in [-0.39, 0.29) is 29.7 Å². The van der Waals surface area contributed by atoms with Crippen molar-refractivity contribution in [2.24, 2.45) is 11.8 Å². The Kier molecular flexibility index (Phi) is 6.67. The highest BCUT2D eigenvalue weighted by atomic mass is 16.5. The third-order valence-electron chi connectivity index (χ3n) is 7.88. The second-order valence-corrected chi connectivity index (χ2v) is 10.1. The third kappa shape index (κ3) is 4.65. The summed E-state index contributed by atoms with van der Waals surface area (Å²) in [6.45, 7) is 3.34. The molecule has 0 aromatic heterocycles. The highest BCUT2D eigenvalue weighted by Crippen LogP contribution is 2.35. The second kappa shape index (κ2) is 9.84. The number of amides is 3. The van der Waals surface area contributed by atoms with Crippen LogP contribution in [0.3, 0.4) is 0 Å². The number of hydrogen-bond acceptors (Lipinski definition) is 5. The number of piperidine rings is 1. The van der Waals surface area contributed by atoms with Crippen molar-refractivity contribution in [3.63, 3.8) is 0 Å². The normalized spacial score (nSPS) is 24.4. The van der Waals surface area contributed by atoms with Crippen LogP contribution in [0.4, 0.5) is 5.69 Å². The van der Waals surface area contributed by atoms with E-state index in [0.717, 1.165) is 50.8 Å². The van der Waals surface area contributed by atoms with Crippen molar-refractivity contribution < 1.29 is 19.1 Å². The second-order valence-electron chi connectivity index (χ2n) is 10.1. The molecule has 3 heterocycles. The summed E-state index contributed by atoms with van der Waals surface area (Å²) in [7, 11) is 0. The monoisotopic (exact) mass is 453 g/mol. The van der Waals surface area contributed by atoms with E-state index in [1.54, 1.807) is 6.07 Å². The van der Waals surface area contributed by atoms with Gasteiger partial charge in [-0.1, -0.05) is 25.3 Å². The summed E-state index contributed by atoms with van der Waals surface area (Å²) >= 11 is 0. The van der Waals surface area contributed by atoms with Gasteiger partial charge in [0.05, 0.1) is 22.9 Å². The standard InChI is InChI=1S/C26H35N3O4/c30-24(27-16-20-8-5-15-33-20)19-11-13-28(14-12-19)22-10-4-9-21-23(22)26(32)29(25(21)31)17-18-6-2-1-3-7-18/h4,9-10,18-20H,1-3,5-8,11-17H2,(H,27,30). The van der Waals surface area contributed by atoms with E-state index in [1.165, 1.54) is 24.2 Å². The molecule has 3 fully saturated rings. The number of hydrogen-bond donors (Lipinski definition) is 1. The minimum Gasteiger partial charge on any atom is -0.376 e. The van der Waals surface area contributed by atoms with Gasteiger partial charge in [-0.25, -0.2) is 0 Å². The first kappa shape index (κ1) is 22.4. The molecule has 1 N–H and O–H groups in total. The molecule has 1 unspecified atom stereocenters. The number of fused-ring (bicyclic) bond motifs is 1. The van der Waals surface area contributed by atoms with Gasteiger partial charge >= 0.3 is 0 Å². The number of carbonyl (C=O) groups is 3. The molecule has 0 radical (unpaired) electrons. The van der Waals surface area contributed by atoms with E-state index in [0.29, 0.717) is 43.2 Å². The molecule has 1 saturated carbocycles. The van der Waals surface area contributed by atoms with Crippen LogP contribution in [0, 0.1) is 11.8 Å². The predicted octanol–water partition coefficient (Wildman–Crippen LogP) is 3.37. The smallest absolute Gasteiger partial charge is 0.263 e. The average Bonchev–Trinajstić information content (AvgIpc) is 3.46. The number of nitrogens with zero attached hydrogens (tertiary/aromatic N) is 2. The van der Waals surface area contributed by atoms with Gasteiger partial charge in [-0.15, -0.1) is 0 Å². The maximum atomic E-state index is 13.3. The lowest BCUT2D eigenvalue weighted by atomic mass is 9.89. The van der Waals surface area contributed by atoms with Crippen molar-refractivity contribution in [1.82, 2.24) is 10.2 Å². The molecule has 3 amide bonds. The number of anilines is 1. The maximum absolute atomic E-state index is 13.3. The van der Waals surface area contributed by atoms with Gasteiger partial charge < -0.3 is 15.0 Å². The SMILES string of the molecule is O=C(NCC1CCCO1)C1CCN(c2cccc3c2C(=O)N(CC2CCCCC2)C3=O)CC1. The molecule has 0 spiro atoms. The fourth-order valence-corrected chi connectivity index (χ4v) is 5.92. The number of imide groups is 1. The van der Waals surface area contributed by atoms with E-state index in [1.807, 2.05) is 12.1 Å². The molecule has 1 atom stereocenters. The third-order valence-corrected chi connectivity index (χ3v) is 7.88. The van der Waals surface area contributed by atoms with Gasteiger partial charge in [0.15, 0.2) is 0 Å². The first-order valence-corrected chi connectivity index (χ1v) is 12.8. The molecule has 1 aliphatic carbocycles. The Morgan fingerprint density at radius 1 is 0.970 bits per heavy atom. The fourth-order valence-electron chi connectivity index (χ4n) is 5.92. The molecular formula is C26H35N3O4. The van der Waals surface area contributed by atoms with Crippen LogP contribution >= 0.6 is 0 Å². The minimum absolute atomic E-state index is 0.0143. The van der Waals surface area contributed by atoms with Gasteiger partial charge in [0.25, 0.3) is 11.8 Å². The summed E-state index contributed by atoms with van der Waals surface area (Å²) in [4.78, 5) is 42.7. The Labute approximate surface area is 195 Å². The van der Waals surface area contributed by atoms with Crippen LogP contribution in [0.2, 0.25) is 0 Å². The van der Waals surface area contributed by atoms with Gasteiger partial charge in [-0.2, -0.15) is 0 Å². The van der Waals surface area contributed by atoms with E-state index in [2.05, 4.69) is 10.2 Å². The van der Waals surface area contributed by atoms with E-state index in [9.17, 15) is 14.4 Å². The van der Waals surface area contributed by atoms with Crippen molar-refractivity contribution in [2.45, 2.75) is 63.9 Å².